The highest BCUT2D eigenvalue weighted by Crippen LogP contribution is 2.20. The lowest BCUT2D eigenvalue weighted by Crippen LogP contribution is -2.01. The topological polar surface area (TPSA) is 43.8 Å². The lowest BCUT2D eigenvalue weighted by atomic mass is 10.2. The lowest BCUT2D eigenvalue weighted by Gasteiger charge is -2.05. The SMILES string of the molecule is Nc1ccc(Cl)c(Cn2cc(Cl)cn2)c1. The van der Waals surface area contributed by atoms with Gasteiger partial charge in [0.1, 0.15) is 0 Å². The van der Waals surface area contributed by atoms with E-state index in [1.165, 1.54) is 0 Å². The van der Waals surface area contributed by atoms with Crippen molar-refractivity contribution in [3.8, 4) is 0 Å². The van der Waals surface area contributed by atoms with Gasteiger partial charge in [0.2, 0.25) is 0 Å². The summed E-state index contributed by atoms with van der Waals surface area (Å²) in [5.74, 6) is 0. The average molecular weight is 242 g/mol. The van der Waals surface area contributed by atoms with E-state index in [2.05, 4.69) is 5.10 Å². The molecule has 0 saturated heterocycles. The second-order valence-corrected chi connectivity index (χ2v) is 4.05. The van der Waals surface area contributed by atoms with Crippen molar-refractivity contribution in [2.24, 2.45) is 0 Å². The molecular weight excluding hydrogens is 233 g/mol. The second-order valence-electron chi connectivity index (χ2n) is 3.21. The molecule has 78 valence electrons. The van der Waals surface area contributed by atoms with E-state index in [1.807, 2.05) is 6.07 Å². The highest BCUT2D eigenvalue weighted by atomic mass is 35.5. The number of rotatable bonds is 2. The maximum absolute atomic E-state index is 6.02. The second kappa shape index (κ2) is 4.13. The Balaban J connectivity index is 2.27. The number of hydrogen-bond donors (Lipinski definition) is 1. The summed E-state index contributed by atoms with van der Waals surface area (Å²) in [6, 6.07) is 5.37. The van der Waals surface area contributed by atoms with Crippen LogP contribution in [0.4, 0.5) is 5.69 Å². The van der Waals surface area contributed by atoms with Crippen molar-refractivity contribution in [2.75, 3.05) is 5.73 Å². The van der Waals surface area contributed by atoms with E-state index in [0.29, 0.717) is 22.3 Å². The van der Waals surface area contributed by atoms with Gasteiger partial charge in [-0.05, 0) is 23.8 Å². The van der Waals surface area contributed by atoms with Crippen molar-refractivity contribution in [1.82, 2.24) is 9.78 Å². The Morgan fingerprint density at radius 1 is 1.33 bits per heavy atom. The molecule has 0 spiro atoms. The maximum Gasteiger partial charge on any atom is 0.0785 e. The molecule has 3 nitrogen and oxygen atoms in total. The van der Waals surface area contributed by atoms with Crippen LogP contribution in [0, 0.1) is 0 Å². The standard InChI is InChI=1S/C10H9Cl2N3/c11-8-4-14-15(6-8)5-7-3-9(13)1-2-10(7)12/h1-4,6H,5,13H2. The van der Waals surface area contributed by atoms with Gasteiger partial charge < -0.3 is 5.73 Å². The number of hydrogen-bond acceptors (Lipinski definition) is 2. The van der Waals surface area contributed by atoms with Crippen LogP contribution in [0.5, 0.6) is 0 Å². The molecule has 1 aromatic heterocycles. The number of nitrogens with two attached hydrogens (primary N) is 1. The van der Waals surface area contributed by atoms with Gasteiger partial charge in [0.15, 0.2) is 0 Å². The zero-order valence-electron chi connectivity index (χ0n) is 7.82. The third kappa shape index (κ3) is 2.43. The Bertz CT molecular complexity index is 479. The van der Waals surface area contributed by atoms with Crippen LogP contribution in [0.3, 0.4) is 0 Å². The molecule has 15 heavy (non-hydrogen) atoms. The van der Waals surface area contributed by atoms with E-state index in [4.69, 9.17) is 28.9 Å². The summed E-state index contributed by atoms with van der Waals surface area (Å²) in [4.78, 5) is 0. The molecule has 2 rings (SSSR count). The fourth-order valence-electron chi connectivity index (χ4n) is 1.32. The molecule has 0 radical (unpaired) electrons. The molecule has 0 bridgehead atoms. The highest BCUT2D eigenvalue weighted by Gasteiger charge is 2.03. The summed E-state index contributed by atoms with van der Waals surface area (Å²) in [7, 11) is 0. The van der Waals surface area contributed by atoms with Crippen molar-refractivity contribution < 1.29 is 0 Å². The van der Waals surface area contributed by atoms with Crippen LogP contribution in [0.2, 0.25) is 10.0 Å². The summed E-state index contributed by atoms with van der Waals surface area (Å²) >= 11 is 11.8. The Morgan fingerprint density at radius 3 is 2.80 bits per heavy atom. The first kappa shape index (κ1) is 10.3. The first-order chi connectivity index (χ1) is 7.15. The number of nitrogen functional groups attached to an aromatic ring is 1. The minimum Gasteiger partial charge on any atom is -0.399 e. The van der Waals surface area contributed by atoms with Crippen LogP contribution < -0.4 is 5.73 Å². The van der Waals surface area contributed by atoms with Gasteiger partial charge in [0.05, 0.1) is 17.8 Å². The fourth-order valence-corrected chi connectivity index (χ4v) is 1.65. The third-order valence-electron chi connectivity index (χ3n) is 2.00. The van der Waals surface area contributed by atoms with Crippen molar-refractivity contribution in [1.29, 1.82) is 0 Å². The number of halogens is 2. The first-order valence-electron chi connectivity index (χ1n) is 4.37. The summed E-state index contributed by atoms with van der Waals surface area (Å²) in [6.45, 7) is 0.566. The van der Waals surface area contributed by atoms with Crippen LogP contribution >= 0.6 is 23.2 Å². The minimum atomic E-state index is 0.566. The van der Waals surface area contributed by atoms with Gasteiger partial charge in [0, 0.05) is 16.9 Å². The van der Waals surface area contributed by atoms with Crippen molar-refractivity contribution in [3.05, 3.63) is 46.2 Å². The summed E-state index contributed by atoms with van der Waals surface area (Å²) in [5.41, 5.74) is 7.29. The van der Waals surface area contributed by atoms with E-state index < -0.39 is 0 Å². The predicted octanol–water partition coefficient (Wildman–Crippen LogP) is 2.82. The van der Waals surface area contributed by atoms with Crippen molar-refractivity contribution in [3.63, 3.8) is 0 Å². The van der Waals surface area contributed by atoms with E-state index >= 15 is 0 Å². The van der Waals surface area contributed by atoms with Gasteiger partial charge in [-0.2, -0.15) is 5.10 Å². The molecule has 1 aromatic carbocycles. The van der Waals surface area contributed by atoms with Crippen LogP contribution in [0.1, 0.15) is 5.56 Å². The highest BCUT2D eigenvalue weighted by molar-refractivity contribution is 6.31. The van der Waals surface area contributed by atoms with Crippen LogP contribution in [-0.2, 0) is 6.54 Å². The van der Waals surface area contributed by atoms with E-state index in [9.17, 15) is 0 Å². The van der Waals surface area contributed by atoms with E-state index in [1.54, 1.807) is 29.2 Å². The number of anilines is 1. The Kier molecular flexibility index (Phi) is 2.84. The molecule has 0 unspecified atom stereocenters. The fraction of sp³-hybridized carbons (Fsp3) is 0.100. The van der Waals surface area contributed by atoms with Gasteiger partial charge in [-0.15, -0.1) is 0 Å². The molecule has 0 saturated carbocycles. The van der Waals surface area contributed by atoms with Gasteiger partial charge >= 0.3 is 0 Å². The number of aromatic nitrogens is 2. The zero-order chi connectivity index (χ0) is 10.8. The van der Waals surface area contributed by atoms with Crippen molar-refractivity contribution in [2.45, 2.75) is 6.54 Å². The van der Waals surface area contributed by atoms with Gasteiger partial charge in [-0.1, -0.05) is 23.2 Å². The summed E-state index contributed by atoms with van der Waals surface area (Å²) in [5, 5.41) is 5.35. The quantitative estimate of drug-likeness (QED) is 0.823. The predicted molar refractivity (Wildman–Crippen MR) is 62.2 cm³/mol. The molecule has 0 atom stereocenters. The molecule has 2 aromatic rings. The van der Waals surface area contributed by atoms with Gasteiger partial charge in [0.25, 0.3) is 0 Å². The Labute approximate surface area is 97.4 Å². The van der Waals surface area contributed by atoms with E-state index in [-0.39, 0.29) is 0 Å². The average Bonchev–Trinajstić information content (AvgIpc) is 2.58. The van der Waals surface area contributed by atoms with Crippen molar-refractivity contribution >= 4 is 28.9 Å². The Hall–Kier alpha value is -1.19. The molecule has 0 fully saturated rings. The number of benzene rings is 1. The molecule has 0 aliphatic heterocycles. The molecule has 5 heteroatoms. The summed E-state index contributed by atoms with van der Waals surface area (Å²) < 4.78 is 1.71. The third-order valence-corrected chi connectivity index (χ3v) is 2.57. The largest absolute Gasteiger partial charge is 0.399 e. The zero-order valence-corrected chi connectivity index (χ0v) is 9.33. The van der Waals surface area contributed by atoms with Crippen LogP contribution in [0.25, 0.3) is 0 Å². The molecule has 0 aliphatic carbocycles. The maximum atomic E-state index is 6.02. The summed E-state index contributed by atoms with van der Waals surface area (Å²) in [6.07, 6.45) is 3.32. The molecular formula is C10H9Cl2N3. The first-order valence-corrected chi connectivity index (χ1v) is 5.12. The molecule has 0 amide bonds. The van der Waals surface area contributed by atoms with Crippen LogP contribution in [-0.4, -0.2) is 9.78 Å². The van der Waals surface area contributed by atoms with E-state index in [0.717, 1.165) is 5.56 Å². The molecule has 0 aliphatic rings. The normalized spacial score (nSPS) is 10.5. The smallest absolute Gasteiger partial charge is 0.0785 e. The minimum absolute atomic E-state index is 0.566. The number of nitrogens with zero attached hydrogens (tertiary/aromatic N) is 2. The molecule has 1 heterocycles. The molecule has 2 N–H and O–H groups in total. The Morgan fingerprint density at radius 2 is 2.13 bits per heavy atom. The monoisotopic (exact) mass is 241 g/mol. The van der Waals surface area contributed by atoms with Crippen LogP contribution in [0.15, 0.2) is 30.6 Å². The van der Waals surface area contributed by atoms with Gasteiger partial charge in [-0.25, -0.2) is 0 Å². The lowest BCUT2D eigenvalue weighted by molar-refractivity contribution is 0.687. The van der Waals surface area contributed by atoms with Gasteiger partial charge in [-0.3, -0.25) is 4.68 Å².